The molecule has 1 N–H and O–H groups in total. The molecule has 0 radical (unpaired) electrons. The molecule has 0 unspecified atom stereocenters. The molecule has 1 aromatic carbocycles. The number of benzene rings is 1. The van der Waals surface area contributed by atoms with E-state index in [1.165, 1.54) is 12.1 Å². The van der Waals surface area contributed by atoms with Gasteiger partial charge in [-0.2, -0.15) is 8.42 Å². The van der Waals surface area contributed by atoms with Crippen LogP contribution in [0.1, 0.15) is 0 Å². The van der Waals surface area contributed by atoms with Gasteiger partial charge in [-0.25, -0.2) is 8.42 Å². The van der Waals surface area contributed by atoms with Gasteiger partial charge < -0.3 is 4.18 Å². The second-order valence-corrected chi connectivity index (χ2v) is 4.06. The summed E-state index contributed by atoms with van der Waals surface area (Å²) in [5.41, 5.74) is 0.217. The van der Waals surface area contributed by atoms with Crippen molar-refractivity contribution in [2.45, 2.75) is 0 Å². The average molecular weight is 255 g/mol. The van der Waals surface area contributed by atoms with Gasteiger partial charge in [0.2, 0.25) is 10.9 Å². The molecule has 0 atom stereocenters. The zero-order valence-electron chi connectivity index (χ0n) is 7.08. The Bertz CT molecular complexity index is 499. The summed E-state index contributed by atoms with van der Waals surface area (Å²) >= 11 is 0. The first kappa shape index (κ1) is 11.7. The summed E-state index contributed by atoms with van der Waals surface area (Å²) in [7, 11) is -7.85. The van der Waals surface area contributed by atoms with Crippen molar-refractivity contribution in [3.63, 3.8) is 0 Å². The lowest BCUT2D eigenvalue weighted by Gasteiger charge is -2.01. The minimum absolute atomic E-state index is 0.217. The van der Waals surface area contributed by atoms with Crippen LogP contribution < -0.4 is 8.91 Å². The van der Waals surface area contributed by atoms with Gasteiger partial charge in [0.05, 0.1) is 0 Å². The molecule has 0 aliphatic rings. The van der Waals surface area contributed by atoms with E-state index >= 15 is 0 Å². The fourth-order valence-electron chi connectivity index (χ4n) is 0.805. The number of hydrogen-bond donors (Lipinski definition) is 2. The number of anilines is 1. The highest BCUT2D eigenvalue weighted by Crippen LogP contribution is 2.17. The number of nitrogens with one attached hydrogen (secondary N) is 1. The molecule has 0 saturated carbocycles. The average Bonchev–Trinajstić information content (AvgIpc) is 2.05. The largest absolute Gasteiger partial charge is 0.488 e. The van der Waals surface area contributed by atoms with Crippen molar-refractivity contribution < 1.29 is 24.9 Å². The molecular weight excluding hydrogens is 249 g/mol. The Hall–Kier alpha value is -1.35. The highest BCUT2D eigenvalue weighted by Gasteiger charge is 2.08. The van der Waals surface area contributed by atoms with E-state index in [4.69, 9.17) is 0 Å². The Kier molecular flexibility index (Phi) is 3.48. The summed E-state index contributed by atoms with van der Waals surface area (Å²) in [6.07, 6.45) is 0. The third-order valence-electron chi connectivity index (χ3n) is 1.27. The lowest BCUT2D eigenvalue weighted by Crippen LogP contribution is -2.01. The SMILES string of the molecule is O=[SH](=O)Nc1ccc(OS(=O)(=O)F)cc1. The first-order chi connectivity index (χ1) is 6.87. The lowest BCUT2D eigenvalue weighted by molar-refractivity contribution is 0.440. The van der Waals surface area contributed by atoms with Crippen molar-refractivity contribution in [3.05, 3.63) is 24.3 Å². The zero-order chi connectivity index (χ0) is 11.5. The monoisotopic (exact) mass is 255 g/mol. The molecule has 1 rings (SSSR count). The molecule has 0 bridgehead atoms. The molecule has 84 valence electrons. The van der Waals surface area contributed by atoms with Crippen LogP contribution in [-0.2, 0) is 21.4 Å². The van der Waals surface area contributed by atoms with E-state index in [0.717, 1.165) is 12.1 Å². The fraction of sp³-hybridized carbons (Fsp3) is 0. The van der Waals surface area contributed by atoms with Crippen LogP contribution in [0.25, 0.3) is 0 Å². The summed E-state index contributed by atoms with van der Waals surface area (Å²) in [6, 6.07) is 4.67. The third-order valence-corrected chi connectivity index (χ3v) is 2.10. The van der Waals surface area contributed by atoms with Crippen LogP contribution in [0.5, 0.6) is 5.75 Å². The minimum Gasteiger partial charge on any atom is -0.358 e. The van der Waals surface area contributed by atoms with Crippen molar-refractivity contribution in [2.24, 2.45) is 0 Å². The first-order valence-corrected chi connectivity index (χ1v) is 6.00. The summed E-state index contributed by atoms with van der Waals surface area (Å²) < 4.78 is 58.5. The van der Waals surface area contributed by atoms with Gasteiger partial charge in [-0.1, -0.05) is 3.89 Å². The number of halogens is 1. The topological polar surface area (TPSA) is 89.5 Å². The molecule has 1 aromatic rings. The van der Waals surface area contributed by atoms with Crippen molar-refractivity contribution in [3.8, 4) is 5.75 Å². The van der Waals surface area contributed by atoms with Crippen LogP contribution in [0.3, 0.4) is 0 Å². The highest BCUT2D eigenvalue weighted by atomic mass is 32.3. The second-order valence-electron chi connectivity index (χ2n) is 2.37. The van der Waals surface area contributed by atoms with E-state index in [2.05, 4.69) is 4.18 Å². The van der Waals surface area contributed by atoms with Gasteiger partial charge in [0.1, 0.15) is 5.75 Å². The Labute approximate surface area is 87.2 Å². The van der Waals surface area contributed by atoms with Crippen LogP contribution in [0, 0.1) is 0 Å². The third kappa shape index (κ3) is 4.61. The normalized spacial score (nSPS) is 11.3. The second kappa shape index (κ2) is 4.45. The maximum Gasteiger partial charge on any atom is 0.488 e. The van der Waals surface area contributed by atoms with Gasteiger partial charge >= 0.3 is 10.5 Å². The molecule has 0 aliphatic carbocycles. The van der Waals surface area contributed by atoms with Gasteiger partial charge in [0, 0.05) is 5.69 Å². The van der Waals surface area contributed by atoms with E-state index in [0.29, 0.717) is 0 Å². The Morgan fingerprint density at radius 3 is 2.13 bits per heavy atom. The van der Waals surface area contributed by atoms with E-state index < -0.39 is 21.4 Å². The fourth-order valence-corrected chi connectivity index (χ4v) is 1.51. The molecule has 15 heavy (non-hydrogen) atoms. The Balaban J connectivity index is 2.81. The summed E-state index contributed by atoms with van der Waals surface area (Å²) in [4.78, 5) is 0. The minimum atomic E-state index is -5.05. The van der Waals surface area contributed by atoms with Gasteiger partial charge in [-0.3, -0.25) is 4.72 Å². The Morgan fingerprint density at radius 1 is 1.20 bits per heavy atom. The van der Waals surface area contributed by atoms with Crippen molar-refractivity contribution in [1.29, 1.82) is 0 Å². The maximum absolute atomic E-state index is 12.0. The molecule has 0 fully saturated rings. The molecule has 0 heterocycles. The molecule has 0 spiro atoms. The summed E-state index contributed by atoms with van der Waals surface area (Å²) in [6.45, 7) is 0. The standard InChI is InChI=1S/C6H6FNO5S2/c7-15(11,12)13-6-3-1-5(2-4-6)8-14(9)10/h1-4,14H,(H,8,9,10). The van der Waals surface area contributed by atoms with Crippen LogP contribution in [0.15, 0.2) is 24.3 Å². The predicted octanol–water partition coefficient (Wildman–Crippen LogP) is 0.218. The first-order valence-electron chi connectivity index (χ1n) is 3.52. The van der Waals surface area contributed by atoms with Crippen LogP contribution in [-0.4, -0.2) is 16.8 Å². The van der Waals surface area contributed by atoms with Crippen LogP contribution in [0.2, 0.25) is 0 Å². The summed E-state index contributed by atoms with van der Waals surface area (Å²) in [5.74, 6) is -0.246. The van der Waals surface area contributed by atoms with Crippen molar-refractivity contribution in [2.75, 3.05) is 4.72 Å². The number of thiol groups is 1. The smallest absolute Gasteiger partial charge is 0.358 e. The zero-order valence-corrected chi connectivity index (χ0v) is 8.79. The van der Waals surface area contributed by atoms with E-state index in [-0.39, 0.29) is 11.4 Å². The maximum atomic E-state index is 12.0. The van der Waals surface area contributed by atoms with E-state index in [1.807, 2.05) is 4.72 Å². The number of rotatable bonds is 4. The quantitative estimate of drug-likeness (QED) is 0.593. The molecule has 0 aromatic heterocycles. The lowest BCUT2D eigenvalue weighted by atomic mass is 10.3. The molecule has 0 aliphatic heterocycles. The molecule has 9 heteroatoms. The van der Waals surface area contributed by atoms with Gasteiger partial charge in [-0.15, -0.1) is 0 Å². The van der Waals surface area contributed by atoms with Crippen LogP contribution in [0.4, 0.5) is 9.57 Å². The van der Waals surface area contributed by atoms with Crippen LogP contribution >= 0.6 is 0 Å². The number of hydrogen-bond acceptors (Lipinski definition) is 5. The Morgan fingerprint density at radius 2 is 1.73 bits per heavy atom. The van der Waals surface area contributed by atoms with Crippen molar-refractivity contribution >= 4 is 27.1 Å². The molecule has 0 amide bonds. The van der Waals surface area contributed by atoms with Gasteiger partial charge in [0.15, 0.2) is 0 Å². The van der Waals surface area contributed by atoms with Crippen molar-refractivity contribution in [1.82, 2.24) is 0 Å². The van der Waals surface area contributed by atoms with E-state index in [1.54, 1.807) is 0 Å². The van der Waals surface area contributed by atoms with Gasteiger partial charge in [-0.05, 0) is 24.3 Å². The molecular formula is C6H6FNO5S2. The van der Waals surface area contributed by atoms with E-state index in [9.17, 15) is 20.7 Å². The molecule has 0 saturated heterocycles. The highest BCUT2D eigenvalue weighted by molar-refractivity contribution is 7.81. The van der Waals surface area contributed by atoms with Gasteiger partial charge in [0.25, 0.3) is 0 Å². The summed E-state index contributed by atoms with van der Waals surface area (Å²) in [5, 5.41) is 0. The predicted molar refractivity (Wildman–Crippen MR) is 51.0 cm³/mol. The molecule has 6 nitrogen and oxygen atoms in total.